The van der Waals surface area contributed by atoms with Crippen LogP contribution in [0.2, 0.25) is 0 Å². The first-order chi connectivity index (χ1) is 9.20. The molecule has 0 unspecified atom stereocenters. The number of rotatable bonds is 11. The van der Waals surface area contributed by atoms with Gasteiger partial charge < -0.3 is 20.4 Å². The van der Waals surface area contributed by atoms with Crippen LogP contribution in [0.15, 0.2) is 0 Å². The first-order valence-electron chi connectivity index (χ1n) is 5.52. The van der Waals surface area contributed by atoms with Crippen molar-refractivity contribution in [1.29, 1.82) is 0 Å². The molecule has 0 bridgehead atoms. The van der Waals surface area contributed by atoms with Gasteiger partial charge in [-0.15, -0.1) is 0 Å². The molecule has 0 aliphatic rings. The Morgan fingerprint density at radius 3 is 0.800 bits per heavy atom. The minimum atomic E-state index is -1.23. The SMILES string of the molecule is O=C(O)CN(CCN(CC(=O)O)CC(=O)O)CC(=O)O.[Fe].[NaH].[NaH].[NaH].[NaH]. The van der Waals surface area contributed by atoms with Crippen LogP contribution in [0.5, 0.6) is 0 Å². The molecule has 0 atom stereocenters. The van der Waals surface area contributed by atoms with Crippen molar-refractivity contribution in [2.24, 2.45) is 0 Å². The molecular formula is C10H20FeN2Na4O8. The maximum absolute atomic E-state index is 10.6. The van der Waals surface area contributed by atoms with Crippen LogP contribution in [0.1, 0.15) is 0 Å². The predicted octanol–water partition coefficient (Wildman–Crippen LogP) is -4.67. The summed E-state index contributed by atoms with van der Waals surface area (Å²) in [6.45, 7) is -2.25. The summed E-state index contributed by atoms with van der Waals surface area (Å²) in [5.41, 5.74) is 0. The van der Waals surface area contributed by atoms with E-state index in [0.717, 1.165) is 9.80 Å². The summed E-state index contributed by atoms with van der Waals surface area (Å²) in [6, 6.07) is 0. The van der Waals surface area contributed by atoms with E-state index in [0.29, 0.717) is 0 Å². The number of hydrogen-bond acceptors (Lipinski definition) is 6. The molecule has 25 heavy (non-hydrogen) atoms. The van der Waals surface area contributed by atoms with E-state index >= 15 is 0 Å². The van der Waals surface area contributed by atoms with Crippen LogP contribution in [0.3, 0.4) is 0 Å². The second-order valence-corrected chi connectivity index (χ2v) is 4.00. The molecule has 15 heteroatoms. The van der Waals surface area contributed by atoms with Gasteiger partial charge in [-0.3, -0.25) is 29.0 Å². The number of carboxylic acid groups (broad SMARTS) is 4. The Morgan fingerprint density at radius 2 is 0.680 bits per heavy atom. The number of carboxylic acids is 4. The number of nitrogens with zero attached hydrogens (tertiary/aromatic N) is 2. The Kier molecular flexibility index (Phi) is 40.6. The van der Waals surface area contributed by atoms with E-state index in [-0.39, 0.29) is 148 Å². The third-order valence-electron chi connectivity index (χ3n) is 2.17. The van der Waals surface area contributed by atoms with Gasteiger partial charge in [0.25, 0.3) is 0 Å². The van der Waals surface area contributed by atoms with Gasteiger partial charge in [-0.1, -0.05) is 0 Å². The van der Waals surface area contributed by atoms with Crippen LogP contribution in [0.4, 0.5) is 0 Å². The fourth-order valence-electron chi connectivity index (χ4n) is 1.48. The Bertz CT molecular complexity index is 337. The Balaban J connectivity index is -0.000000180. The van der Waals surface area contributed by atoms with Gasteiger partial charge in [-0.25, -0.2) is 0 Å². The van der Waals surface area contributed by atoms with Gasteiger partial charge in [0.1, 0.15) is 0 Å². The van der Waals surface area contributed by atoms with Crippen molar-refractivity contribution in [2.75, 3.05) is 39.3 Å². The first kappa shape index (κ1) is 41.6. The molecule has 0 aliphatic heterocycles. The summed E-state index contributed by atoms with van der Waals surface area (Å²) < 4.78 is 0. The van der Waals surface area contributed by atoms with Gasteiger partial charge in [0.05, 0.1) is 26.2 Å². The maximum atomic E-state index is 10.6. The van der Waals surface area contributed by atoms with Crippen LogP contribution in [-0.4, -0.2) is 212 Å². The van der Waals surface area contributed by atoms with Crippen LogP contribution >= 0.6 is 0 Å². The van der Waals surface area contributed by atoms with Crippen molar-refractivity contribution >= 4 is 142 Å². The summed E-state index contributed by atoms with van der Waals surface area (Å²) in [7, 11) is 0. The van der Waals surface area contributed by atoms with E-state index in [1.54, 1.807) is 0 Å². The van der Waals surface area contributed by atoms with Gasteiger partial charge in [0, 0.05) is 30.2 Å². The van der Waals surface area contributed by atoms with Crippen LogP contribution < -0.4 is 0 Å². The molecule has 0 aromatic heterocycles. The molecule has 4 N–H and O–H groups in total. The van der Waals surface area contributed by atoms with E-state index < -0.39 is 50.1 Å². The first-order valence-corrected chi connectivity index (χ1v) is 5.52. The fraction of sp³-hybridized carbons (Fsp3) is 0.600. The topological polar surface area (TPSA) is 156 Å². The molecule has 0 spiro atoms. The predicted molar refractivity (Wildman–Crippen MR) is 92.0 cm³/mol. The zero-order valence-corrected chi connectivity index (χ0v) is 12.0. The zero-order valence-electron chi connectivity index (χ0n) is 10.9. The second-order valence-electron chi connectivity index (χ2n) is 4.00. The number of aliphatic carboxylic acids is 4. The third kappa shape index (κ3) is 28.6. The fourth-order valence-corrected chi connectivity index (χ4v) is 1.48. The van der Waals surface area contributed by atoms with Gasteiger partial charge in [0.15, 0.2) is 0 Å². The van der Waals surface area contributed by atoms with Gasteiger partial charge in [-0.05, 0) is 0 Å². The minimum absolute atomic E-state index is 0. The standard InChI is InChI=1S/C10H16N2O8.Fe.4Na.4H/c13-7(14)3-11(4-8(15)16)1-2-12(5-9(17)18)6-10(19)20;;;;;;;;;/h1-6H2,(H,13,14)(H,15,16)(H,17,18)(H,19,20);;;;;;;;;. The van der Waals surface area contributed by atoms with Crippen LogP contribution in [0, 0.1) is 0 Å². The van der Waals surface area contributed by atoms with E-state index in [9.17, 15) is 19.2 Å². The molecule has 0 aliphatic carbocycles. The van der Waals surface area contributed by atoms with Crippen LogP contribution in [-0.2, 0) is 36.2 Å². The van der Waals surface area contributed by atoms with Crippen molar-refractivity contribution in [2.45, 2.75) is 0 Å². The molecule has 0 heterocycles. The Labute approximate surface area is 244 Å². The molecule has 0 saturated heterocycles. The van der Waals surface area contributed by atoms with Crippen molar-refractivity contribution in [3.63, 3.8) is 0 Å². The molecule has 0 rings (SSSR count). The normalized spacial score (nSPS) is 8.56. The van der Waals surface area contributed by atoms with E-state index in [4.69, 9.17) is 20.4 Å². The molecule has 0 aromatic rings. The molecule has 130 valence electrons. The van der Waals surface area contributed by atoms with Crippen LogP contribution in [0.25, 0.3) is 0 Å². The van der Waals surface area contributed by atoms with Gasteiger partial charge in [0.2, 0.25) is 0 Å². The zero-order chi connectivity index (χ0) is 15.7. The monoisotopic (exact) mass is 444 g/mol. The quantitative estimate of drug-likeness (QED) is 0.229. The Morgan fingerprint density at radius 1 is 0.520 bits per heavy atom. The van der Waals surface area contributed by atoms with E-state index in [1.165, 1.54) is 0 Å². The van der Waals surface area contributed by atoms with Crippen molar-refractivity contribution in [3.8, 4) is 0 Å². The average molecular weight is 444 g/mol. The summed E-state index contributed by atoms with van der Waals surface area (Å²) in [5, 5.41) is 34.5. The molecule has 0 saturated carbocycles. The Hall–Kier alpha value is 2.32. The molecule has 0 amide bonds. The van der Waals surface area contributed by atoms with Crippen molar-refractivity contribution in [1.82, 2.24) is 9.80 Å². The molecule has 10 nitrogen and oxygen atoms in total. The molecular weight excluding hydrogens is 424 g/mol. The molecule has 0 aromatic carbocycles. The third-order valence-corrected chi connectivity index (χ3v) is 2.17. The number of carbonyl (C=O) groups is 4. The molecule has 0 fully saturated rings. The van der Waals surface area contributed by atoms with Crippen molar-refractivity contribution < 1.29 is 56.7 Å². The van der Waals surface area contributed by atoms with E-state index in [1.807, 2.05) is 0 Å². The average Bonchev–Trinajstić information content (AvgIpc) is 2.22. The van der Waals surface area contributed by atoms with Crippen molar-refractivity contribution in [3.05, 3.63) is 0 Å². The number of hydrogen-bond donors (Lipinski definition) is 4. The second kappa shape index (κ2) is 24.4. The van der Waals surface area contributed by atoms with Gasteiger partial charge >= 0.3 is 142 Å². The summed E-state index contributed by atoms with van der Waals surface area (Å²) in [5.74, 6) is -4.91. The van der Waals surface area contributed by atoms with Gasteiger partial charge in [-0.2, -0.15) is 0 Å². The molecule has 0 radical (unpaired) electrons. The summed E-state index contributed by atoms with van der Waals surface area (Å²) in [4.78, 5) is 44.4. The summed E-state index contributed by atoms with van der Waals surface area (Å²) in [6.07, 6.45) is 0. The van der Waals surface area contributed by atoms with E-state index in [2.05, 4.69) is 0 Å². The summed E-state index contributed by atoms with van der Waals surface area (Å²) >= 11 is 0.